The number of carbonyl (C=O) groups excluding carboxylic acids is 1. The van der Waals surface area contributed by atoms with E-state index in [1.54, 1.807) is 41.8 Å². The highest BCUT2D eigenvalue weighted by atomic mass is 32.1. The van der Waals surface area contributed by atoms with Crippen LogP contribution in [0.2, 0.25) is 0 Å². The van der Waals surface area contributed by atoms with E-state index in [0.29, 0.717) is 37.0 Å². The quantitative estimate of drug-likeness (QED) is 0.395. The average molecular weight is 446 g/mol. The van der Waals surface area contributed by atoms with Crippen LogP contribution in [0.25, 0.3) is 0 Å². The highest BCUT2D eigenvalue weighted by molar-refractivity contribution is 7.09. The van der Waals surface area contributed by atoms with E-state index in [1.807, 2.05) is 54.8 Å². The van der Waals surface area contributed by atoms with Crippen LogP contribution >= 0.6 is 11.3 Å². The smallest absolute Gasteiger partial charge is 0.251 e. The minimum Gasteiger partial charge on any atom is -0.487 e. The Balaban J connectivity index is 1.30. The van der Waals surface area contributed by atoms with Gasteiger partial charge in [-0.05, 0) is 42.8 Å². The topological polar surface area (TPSA) is 73.3 Å². The monoisotopic (exact) mass is 445 g/mol. The fourth-order valence-electron chi connectivity index (χ4n) is 3.03. The SMILES string of the molecule is Cc1nc(COc2ccc(C(=O)NCc3cccnc3OCc3ccccc3)cc2)cs1. The van der Waals surface area contributed by atoms with Crippen molar-refractivity contribution in [3.05, 3.63) is 106 Å². The van der Waals surface area contributed by atoms with Gasteiger partial charge in [-0.2, -0.15) is 0 Å². The summed E-state index contributed by atoms with van der Waals surface area (Å²) in [6, 6.07) is 20.7. The van der Waals surface area contributed by atoms with Crippen LogP contribution in [0.3, 0.4) is 0 Å². The van der Waals surface area contributed by atoms with Crippen LogP contribution in [-0.4, -0.2) is 15.9 Å². The van der Waals surface area contributed by atoms with Gasteiger partial charge >= 0.3 is 0 Å². The van der Waals surface area contributed by atoms with Gasteiger partial charge in [-0.1, -0.05) is 36.4 Å². The number of amides is 1. The zero-order chi connectivity index (χ0) is 22.2. The third-order valence-corrected chi connectivity index (χ3v) is 5.50. The highest BCUT2D eigenvalue weighted by Gasteiger charge is 2.10. The van der Waals surface area contributed by atoms with Gasteiger partial charge in [0.2, 0.25) is 5.88 Å². The number of aryl methyl sites for hydroxylation is 1. The first-order chi connectivity index (χ1) is 15.7. The van der Waals surface area contributed by atoms with Crippen molar-refractivity contribution in [3.63, 3.8) is 0 Å². The molecule has 0 aliphatic carbocycles. The maximum Gasteiger partial charge on any atom is 0.251 e. The van der Waals surface area contributed by atoms with Crippen LogP contribution in [-0.2, 0) is 19.8 Å². The molecule has 0 aliphatic heterocycles. The third kappa shape index (κ3) is 5.92. The maximum atomic E-state index is 12.6. The molecule has 6 nitrogen and oxygen atoms in total. The molecule has 0 aliphatic rings. The van der Waals surface area contributed by atoms with Crippen LogP contribution in [0, 0.1) is 6.92 Å². The number of ether oxygens (including phenoxy) is 2. The molecule has 0 radical (unpaired) electrons. The molecular weight excluding hydrogens is 422 g/mol. The second-order valence-electron chi connectivity index (χ2n) is 7.10. The summed E-state index contributed by atoms with van der Waals surface area (Å²) < 4.78 is 11.6. The second kappa shape index (κ2) is 10.5. The van der Waals surface area contributed by atoms with Gasteiger partial charge < -0.3 is 14.8 Å². The molecule has 1 amide bonds. The molecule has 7 heteroatoms. The predicted octanol–water partition coefficient (Wildman–Crippen LogP) is 4.93. The first kappa shape index (κ1) is 21.5. The molecule has 0 spiro atoms. The van der Waals surface area contributed by atoms with Crippen molar-refractivity contribution in [1.29, 1.82) is 0 Å². The lowest BCUT2D eigenvalue weighted by atomic mass is 10.2. The minimum atomic E-state index is -0.176. The van der Waals surface area contributed by atoms with E-state index < -0.39 is 0 Å². The summed E-state index contributed by atoms with van der Waals surface area (Å²) in [4.78, 5) is 21.3. The van der Waals surface area contributed by atoms with E-state index in [9.17, 15) is 4.79 Å². The number of nitrogens with zero attached hydrogens (tertiary/aromatic N) is 2. The summed E-state index contributed by atoms with van der Waals surface area (Å²) in [6.45, 7) is 3.10. The highest BCUT2D eigenvalue weighted by Crippen LogP contribution is 2.18. The largest absolute Gasteiger partial charge is 0.487 e. The van der Waals surface area contributed by atoms with Gasteiger partial charge in [0, 0.05) is 29.2 Å². The van der Waals surface area contributed by atoms with Crippen molar-refractivity contribution in [1.82, 2.24) is 15.3 Å². The number of hydrogen-bond acceptors (Lipinski definition) is 6. The van der Waals surface area contributed by atoms with Crippen LogP contribution in [0.4, 0.5) is 0 Å². The van der Waals surface area contributed by atoms with Crippen LogP contribution in [0.5, 0.6) is 11.6 Å². The zero-order valence-corrected chi connectivity index (χ0v) is 18.5. The van der Waals surface area contributed by atoms with Gasteiger partial charge in [0.15, 0.2) is 0 Å². The summed E-state index contributed by atoms with van der Waals surface area (Å²) in [5.74, 6) is 1.03. The molecule has 0 unspecified atom stereocenters. The first-order valence-corrected chi connectivity index (χ1v) is 11.1. The van der Waals surface area contributed by atoms with Gasteiger partial charge in [-0.3, -0.25) is 4.79 Å². The Kier molecular flexibility index (Phi) is 7.09. The summed E-state index contributed by atoms with van der Waals surface area (Å²) >= 11 is 1.59. The molecule has 2 aromatic carbocycles. The van der Waals surface area contributed by atoms with E-state index in [4.69, 9.17) is 9.47 Å². The molecule has 162 valence electrons. The van der Waals surface area contributed by atoms with Gasteiger partial charge in [0.05, 0.1) is 10.7 Å². The van der Waals surface area contributed by atoms with Crippen molar-refractivity contribution in [3.8, 4) is 11.6 Å². The van der Waals surface area contributed by atoms with Crippen molar-refractivity contribution < 1.29 is 14.3 Å². The Bertz CT molecular complexity index is 1160. The third-order valence-electron chi connectivity index (χ3n) is 4.68. The first-order valence-electron chi connectivity index (χ1n) is 10.2. The van der Waals surface area contributed by atoms with Gasteiger partial charge in [0.1, 0.15) is 19.0 Å². The molecular formula is C25H23N3O3S. The van der Waals surface area contributed by atoms with Crippen molar-refractivity contribution in [2.45, 2.75) is 26.7 Å². The number of hydrogen-bond donors (Lipinski definition) is 1. The summed E-state index contributed by atoms with van der Waals surface area (Å²) in [6.07, 6.45) is 1.68. The van der Waals surface area contributed by atoms with E-state index >= 15 is 0 Å². The Labute approximate surface area is 190 Å². The molecule has 0 bridgehead atoms. The molecule has 4 aromatic rings. The summed E-state index contributed by atoms with van der Waals surface area (Å²) in [5, 5.41) is 5.92. The van der Waals surface area contributed by atoms with Crippen LogP contribution in [0.1, 0.15) is 32.2 Å². The Hall–Kier alpha value is -3.71. The minimum absolute atomic E-state index is 0.176. The van der Waals surface area contributed by atoms with E-state index in [2.05, 4.69) is 15.3 Å². The summed E-state index contributed by atoms with van der Waals surface area (Å²) in [7, 11) is 0. The number of benzene rings is 2. The molecule has 2 aromatic heterocycles. The molecule has 0 saturated carbocycles. The molecule has 2 heterocycles. The number of carbonyl (C=O) groups is 1. The fourth-order valence-corrected chi connectivity index (χ4v) is 3.62. The molecule has 4 rings (SSSR count). The van der Waals surface area contributed by atoms with E-state index in [-0.39, 0.29) is 5.91 Å². The Morgan fingerprint density at radius 1 is 0.969 bits per heavy atom. The molecule has 1 N–H and O–H groups in total. The lowest BCUT2D eigenvalue weighted by molar-refractivity contribution is 0.0950. The number of rotatable bonds is 9. The van der Waals surface area contributed by atoms with Gasteiger partial charge in [0.25, 0.3) is 5.91 Å². The second-order valence-corrected chi connectivity index (χ2v) is 8.16. The van der Waals surface area contributed by atoms with Crippen LogP contribution in [0.15, 0.2) is 78.3 Å². The molecule has 32 heavy (non-hydrogen) atoms. The van der Waals surface area contributed by atoms with E-state index in [1.165, 1.54) is 0 Å². The van der Waals surface area contributed by atoms with Crippen molar-refractivity contribution >= 4 is 17.2 Å². The van der Waals surface area contributed by atoms with E-state index in [0.717, 1.165) is 21.8 Å². The molecule has 0 atom stereocenters. The molecule has 0 saturated heterocycles. The lowest BCUT2D eigenvalue weighted by Crippen LogP contribution is -2.23. The normalized spacial score (nSPS) is 10.5. The maximum absolute atomic E-state index is 12.6. The lowest BCUT2D eigenvalue weighted by Gasteiger charge is -2.11. The standard InChI is InChI=1S/C25H23N3O3S/c1-18-28-22(17-32-18)16-30-23-11-9-20(10-12-23)24(29)27-14-21-8-5-13-26-25(21)31-15-19-6-3-2-4-7-19/h2-13,17H,14-16H2,1H3,(H,27,29). The van der Waals surface area contributed by atoms with Gasteiger partial charge in [-0.25, -0.2) is 9.97 Å². The van der Waals surface area contributed by atoms with Crippen molar-refractivity contribution in [2.75, 3.05) is 0 Å². The average Bonchev–Trinajstić information content (AvgIpc) is 3.26. The fraction of sp³-hybridized carbons (Fsp3) is 0.160. The molecule has 0 fully saturated rings. The number of nitrogens with one attached hydrogen (secondary N) is 1. The number of thiazole rings is 1. The predicted molar refractivity (Wildman–Crippen MR) is 124 cm³/mol. The zero-order valence-electron chi connectivity index (χ0n) is 17.7. The number of aromatic nitrogens is 2. The Morgan fingerprint density at radius 3 is 2.53 bits per heavy atom. The number of pyridine rings is 1. The van der Waals surface area contributed by atoms with Crippen LogP contribution < -0.4 is 14.8 Å². The summed E-state index contributed by atoms with van der Waals surface area (Å²) in [5.41, 5.74) is 3.32. The van der Waals surface area contributed by atoms with Gasteiger partial charge in [-0.15, -0.1) is 11.3 Å². The van der Waals surface area contributed by atoms with Crippen molar-refractivity contribution in [2.24, 2.45) is 0 Å². The Morgan fingerprint density at radius 2 is 1.78 bits per heavy atom.